The normalized spacial score (nSPS) is 16.8. The van der Waals surface area contributed by atoms with Crippen LogP contribution in [0.2, 0.25) is 0 Å². The zero-order valence-corrected chi connectivity index (χ0v) is 16.2. The van der Waals surface area contributed by atoms with Gasteiger partial charge in [-0.15, -0.1) is 21.5 Å². The number of aromatic nitrogens is 2. The van der Waals surface area contributed by atoms with Crippen LogP contribution in [0.5, 0.6) is 0 Å². The maximum Gasteiger partial charge on any atom is 0.225 e. The van der Waals surface area contributed by atoms with E-state index in [2.05, 4.69) is 20.4 Å². The van der Waals surface area contributed by atoms with Crippen LogP contribution in [-0.2, 0) is 11.3 Å². The number of benzene rings is 1. The summed E-state index contributed by atoms with van der Waals surface area (Å²) in [6.45, 7) is 1.65. The summed E-state index contributed by atoms with van der Waals surface area (Å²) in [4.78, 5) is 15.8. The minimum atomic E-state index is -0.297. The van der Waals surface area contributed by atoms with Crippen molar-refractivity contribution in [2.75, 3.05) is 18.0 Å². The first-order chi connectivity index (χ1) is 13.7. The van der Waals surface area contributed by atoms with Crippen molar-refractivity contribution in [2.45, 2.75) is 19.4 Å². The second kappa shape index (κ2) is 8.48. The van der Waals surface area contributed by atoms with E-state index in [0.717, 1.165) is 35.8 Å². The SMILES string of the molecule is O=C(NCc1ccccc1F)C1CCCN(c2ccc(-c3cccs3)nn2)C1. The highest BCUT2D eigenvalue weighted by Crippen LogP contribution is 2.25. The summed E-state index contributed by atoms with van der Waals surface area (Å²) in [6.07, 6.45) is 1.73. The van der Waals surface area contributed by atoms with Gasteiger partial charge in [-0.05, 0) is 42.5 Å². The fraction of sp³-hybridized carbons (Fsp3) is 0.286. The van der Waals surface area contributed by atoms with Crippen molar-refractivity contribution < 1.29 is 9.18 Å². The number of piperidine rings is 1. The van der Waals surface area contributed by atoms with Crippen LogP contribution < -0.4 is 10.2 Å². The highest BCUT2D eigenvalue weighted by molar-refractivity contribution is 7.13. The van der Waals surface area contributed by atoms with Gasteiger partial charge in [0.05, 0.1) is 10.8 Å². The number of carbonyl (C=O) groups is 1. The standard InChI is InChI=1S/C21H21FN4OS/c22-17-7-2-1-5-15(17)13-23-21(27)16-6-3-11-26(14-16)20-10-9-18(24-25-20)19-8-4-12-28-19/h1-2,4-5,7-10,12,16H,3,6,11,13-14H2,(H,23,27). The van der Waals surface area contributed by atoms with Crippen LogP contribution in [0.1, 0.15) is 18.4 Å². The lowest BCUT2D eigenvalue weighted by Gasteiger charge is -2.32. The highest BCUT2D eigenvalue weighted by Gasteiger charge is 2.26. The molecule has 1 aliphatic rings. The number of anilines is 1. The van der Waals surface area contributed by atoms with Crippen molar-refractivity contribution in [3.63, 3.8) is 0 Å². The van der Waals surface area contributed by atoms with Crippen LogP contribution >= 0.6 is 11.3 Å². The third kappa shape index (κ3) is 4.20. The van der Waals surface area contributed by atoms with E-state index in [0.29, 0.717) is 12.1 Å². The number of rotatable bonds is 5. The lowest BCUT2D eigenvalue weighted by atomic mass is 9.97. The summed E-state index contributed by atoms with van der Waals surface area (Å²) in [5.74, 6) is 0.302. The Morgan fingerprint density at radius 1 is 1.18 bits per heavy atom. The highest BCUT2D eigenvalue weighted by atomic mass is 32.1. The minimum absolute atomic E-state index is 0.0453. The van der Waals surface area contributed by atoms with Crippen molar-refractivity contribution in [1.29, 1.82) is 0 Å². The fourth-order valence-electron chi connectivity index (χ4n) is 3.42. The number of nitrogens with zero attached hydrogens (tertiary/aromatic N) is 3. The molecule has 1 unspecified atom stereocenters. The molecule has 2 aromatic heterocycles. The topological polar surface area (TPSA) is 58.1 Å². The summed E-state index contributed by atoms with van der Waals surface area (Å²) in [6, 6.07) is 14.4. The molecule has 5 nitrogen and oxygen atoms in total. The zero-order chi connectivity index (χ0) is 19.3. The Morgan fingerprint density at radius 2 is 2.07 bits per heavy atom. The van der Waals surface area contributed by atoms with Crippen LogP contribution in [-0.4, -0.2) is 29.2 Å². The zero-order valence-electron chi connectivity index (χ0n) is 15.3. The molecule has 3 aromatic rings. The molecule has 4 rings (SSSR count). The number of halogens is 1. The van der Waals surface area contributed by atoms with Gasteiger partial charge in [0.1, 0.15) is 11.5 Å². The number of thiophene rings is 1. The third-order valence-corrected chi connectivity index (χ3v) is 5.84. The lowest BCUT2D eigenvalue weighted by molar-refractivity contribution is -0.125. The van der Waals surface area contributed by atoms with E-state index in [4.69, 9.17) is 0 Å². The van der Waals surface area contributed by atoms with E-state index in [1.165, 1.54) is 6.07 Å². The van der Waals surface area contributed by atoms with E-state index >= 15 is 0 Å². The molecule has 0 radical (unpaired) electrons. The summed E-state index contributed by atoms with van der Waals surface area (Å²) >= 11 is 1.63. The maximum atomic E-state index is 13.7. The summed E-state index contributed by atoms with van der Waals surface area (Å²) in [7, 11) is 0. The quantitative estimate of drug-likeness (QED) is 0.711. The Kier molecular flexibility index (Phi) is 5.62. The molecule has 28 heavy (non-hydrogen) atoms. The lowest BCUT2D eigenvalue weighted by Crippen LogP contribution is -2.43. The number of carbonyl (C=O) groups excluding carboxylic acids is 1. The predicted octanol–water partition coefficient (Wildman–Crippen LogP) is 3.88. The molecule has 1 atom stereocenters. The van der Waals surface area contributed by atoms with Gasteiger partial charge in [0.15, 0.2) is 5.82 Å². The molecule has 0 aliphatic carbocycles. The molecule has 1 amide bonds. The van der Waals surface area contributed by atoms with Crippen LogP contribution in [0.15, 0.2) is 53.9 Å². The van der Waals surface area contributed by atoms with E-state index in [9.17, 15) is 9.18 Å². The van der Waals surface area contributed by atoms with Gasteiger partial charge in [0, 0.05) is 25.2 Å². The van der Waals surface area contributed by atoms with Gasteiger partial charge >= 0.3 is 0 Å². The molecule has 144 valence electrons. The monoisotopic (exact) mass is 396 g/mol. The molecule has 0 spiro atoms. The van der Waals surface area contributed by atoms with Gasteiger partial charge in [0.25, 0.3) is 0 Å². The first-order valence-corrected chi connectivity index (χ1v) is 10.2. The van der Waals surface area contributed by atoms with Gasteiger partial charge in [-0.2, -0.15) is 0 Å². The molecule has 1 N–H and O–H groups in total. The van der Waals surface area contributed by atoms with Crippen molar-refractivity contribution >= 4 is 23.1 Å². The number of nitrogens with one attached hydrogen (secondary N) is 1. The van der Waals surface area contributed by atoms with Gasteiger partial charge in [0.2, 0.25) is 5.91 Å². The van der Waals surface area contributed by atoms with E-state index in [-0.39, 0.29) is 24.2 Å². The van der Waals surface area contributed by atoms with Gasteiger partial charge in [-0.1, -0.05) is 24.3 Å². The molecule has 0 saturated carbocycles. The summed E-state index contributed by atoms with van der Waals surface area (Å²) in [5.41, 5.74) is 1.36. The average molecular weight is 396 g/mol. The Hall–Kier alpha value is -2.80. The molecule has 1 aromatic carbocycles. The average Bonchev–Trinajstić information content (AvgIpc) is 3.28. The Labute approximate surface area is 167 Å². The second-order valence-corrected chi connectivity index (χ2v) is 7.80. The Morgan fingerprint density at radius 3 is 2.82 bits per heavy atom. The van der Waals surface area contributed by atoms with Crippen molar-refractivity contribution in [1.82, 2.24) is 15.5 Å². The predicted molar refractivity (Wildman–Crippen MR) is 109 cm³/mol. The van der Waals surface area contributed by atoms with Crippen LogP contribution in [0.3, 0.4) is 0 Å². The van der Waals surface area contributed by atoms with Crippen LogP contribution in [0.25, 0.3) is 10.6 Å². The first kappa shape index (κ1) is 18.6. The molecule has 1 fully saturated rings. The molecule has 1 aliphatic heterocycles. The summed E-state index contributed by atoms with van der Waals surface area (Å²) < 4.78 is 13.7. The van der Waals surface area contributed by atoms with Gasteiger partial charge in [-0.3, -0.25) is 4.79 Å². The maximum absolute atomic E-state index is 13.7. The number of hydrogen-bond acceptors (Lipinski definition) is 5. The minimum Gasteiger partial charge on any atom is -0.354 e. The second-order valence-electron chi connectivity index (χ2n) is 6.85. The van der Waals surface area contributed by atoms with Crippen molar-refractivity contribution in [3.8, 4) is 10.6 Å². The van der Waals surface area contributed by atoms with E-state index < -0.39 is 0 Å². The smallest absolute Gasteiger partial charge is 0.225 e. The molecular weight excluding hydrogens is 375 g/mol. The Bertz CT molecular complexity index is 930. The first-order valence-electron chi connectivity index (χ1n) is 9.34. The van der Waals surface area contributed by atoms with Crippen molar-refractivity contribution in [2.24, 2.45) is 5.92 Å². The molecule has 1 saturated heterocycles. The number of hydrogen-bond donors (Lipinski definition) is 1. The van der Waals surface area contributed by atoms with Crippen molar-refractivity contribution in [3.05, 3.63) is 65.3 Å². The van der Waals surface area contributed by atoms with Crippen LogP contribution in [0.4, 0.5) is 10.2 Å². The van der Waals surface area contributed by atoms with E-state index in [1.807, 2.05) is 29.6 Å². The molecular formula is C21H21FN4OS. The van der Waals surface area contributed by atoms with Gasteiger partial charge in [-0.25, -0.2) is 4.39 Å². The largest absolute Gasteiger partial charge is 0.354 e. The van der Waals surface area contributed by atoms with Crippen LogP contribution in [0, 0.1) is 11.7 Å². The molecule has 0 bridgehead atoms. The van der Waals surface area contributed by atoms with E-state index in [1.54, 1.807) is 29.5 Å². The third-order valence-electron chi connectivity index (χ3n) is 4.95. The molecule has 7 heteroatoms. The fourth-order valence-corrected chi connectivity index (χ4v) is 4.11. The Balaban J connectivity index is 1.37. The number of amides is 1. The van der Waals surface area contributed by atoms with Gasteiger partial charge < -0.3 is 10.2 Å². The summed E-state index contributed by atoms with van der Waals surface area (Å²) in [5, 5.41) is 13.6. The molecule has 3 heterocycles.